The van der Waals surface area contributed by atoms with Crippen LogP contribution in [0.25, 0.3) is 11.0 Å². The van der Waals surface area contributed by atoms with Gasteiger partial charge in [0.15, 0.2) is 0 Å². The van der Waals surface area contributed by atoms with Gasteiger partial charge in [0.1, 0.15) is 22.7 Å². The Labute approximate surface area is 136 Å². The Morgan fingerprint density at radius 1 is 0.917 bits per heavy atom. The van der Waals surface area contributed by atoms with E-state index < -0.39 is 17.4 Å². The number of furan rings is 1. The summed E-state index contributed by atoms with van der Waals surface area (Å²) in [5, 5.41) is 0.606. The van der Waals surface area contributed by atoms with Crippen molar-refractivity contribution in [3.63, 3.8) is 0 Å². The summed E-state index contributed by atoms with van der Waals surface area (Å²) in [5.41, 5.74) is 4.15. The third-order valence-electron chi connectivity index (χ3n) is 3.46. The Morgan fingerprint density at radius 3 is 2.25 bits per heavy atom. The van der Waals surface area contributed by atoms with Crippen molar-refractivity contribution < 1.29 is 18.4 Å². The van der Waals surface area contributed by atoms with Crippen LogP contribution in [0.5, 0.6) is 0 Å². The van der Waals surface area contributed by atoms with E-state index in [0.29, 0.717) is 28.1 Å². The second kappa shape index (κ2) is 6.04. The van der Waals surface area contributed by atoms with Crippen molar-refractivity contribution in [1.82, 2.24) is 10.9 Å². The highest BCUT2D eigenvalue weighted by Gasteiger charge is 2.17. The van der Waals surface area contributed by atoms with E-state index in [1.807, 2.05) is 0 Å². The molecule has 0 atom stereocenters. The molecule has 0 aliphatic heterocycles. The fourth-order valence-corrected chi connectivity index (χ4v) is 2.32. The first-order chi connectivity index (χ1) is 11.5. The van der Waals surface area contributed by atoms with Gasteiger partial charge < -0.3 is 8.83 Å². The maximum Gasteiger partial charge on any atom is 0.349 e. The van der Waals surface area contributed by atoms with Crippen LogP contribution in [0.1, 0.15) is 32.2 Å². The van der Waals surface area contributed by atoms with Crippen LogP contribution in [0.15, 0.2) is 50.0 Å². The van der Waals surface area contributed by atoms with Crippen LogP contribution in [0.3, 0.4) is 0 Å². The van der Waals surface area contributed by atoms with Gasteiger partial charge in [0.05, 0.1) is 5.56 Å². The second-order valence-corrected chi connectivity index (χ2v) is 5.22. The molecule has 2 amide bonds. The molecule has 2 N–H and O–H groups in total. The fraction of sp³-hybridized carbons (Fsp3) is 0.118. The number of hydrazine groups is 1. The van der Waals surface area contributed by atoms with Gasteiger partial charge in [0, 0.05) is 5.39 Å². The van der Waals surface area contributed by atoms with E-state index in [1.165, 1.54) is 6.07 Å². The van der Waals surface area contributed by atoms with Gasteiger partial charge in [-0.05, 0) is 32.0 Å². The highest BCUT2D eigenvalue weighted by atomic mass is 16.4. The van der Waals surface area contributed by atoms with E-state index >= 15 is 0 Å². The van der Waals surface area contributed by atoms with Crippen molar-refractivity contribution in [2.75, 3.05) is 0 Å². The third kappa shape index (κ3) is 2.91. The lowest BCUT2D eigenvalue weighted by molar-refractivity contribution is 0.0843. The SMILES string of the molecule is Cc1cc(C(=O)NNC(=O)c2cc3ccccc3oc2=O)c(C)o1. The van der Waals surface area contributed by atoms with E-state index in [-0.39, 0.29) is 5.56 Å². The molecule has 2 heterocycles. The molecule has 1 aromatic carbocycles. The standard InChI is InChI=1S/C17H14N2O5/c1-9-7-12(10(2)23-9)15(20)18-19-16(21)13-8-11-5-3-4-6-14(11)24-17(13)22/h3-8H,1-2H3,(H,18,20)(H,19,21). The summed E-state index contributed by atoms with van der Waals surface area (Å²) < 4.78 is 10.3. The van der Waals surface area contributed by atoms with E-state index in [9.17, 15) is 14.4 Å². The van der Waals surface area contributed by atoms with Crippen molar-refractivity contribution in [3.8, 4) is 0 Å². The maximum atomic E-state index is 12.1. The van der Waals surface area contributed by atoms with E-state index in [2.05, 4.69) is 10.9 Å². The zero-order chi connectivity index (χ0) is 17.3. The molecule has 3 aromatic rings. The van der Waals surface area contributed by atoms with Crippen LogP contribution in [0, 0.1) is 13.8 Å². The molecule has 24 heavy (non-hydrogen) atoms. The van der Waals surface area contributed by atoms with Crippen LogP contribution in [0.2, 0.25) is 0 Å². The molecule has 7 heteroatoms. The number of rotatable bonds is 2. The molecule has 0 unspecified atom stereocenters. The molecule has 0 aliphatic rings. The topological polar surface area (TPSA) is 102 Å². The lowest BCUT2D eigenvalue weighted by atomic mass is 10.2. The number of fused-ring (bicyclic) bond motifs is 1. The molecular weight excluding hydrogens is 312 g/mol. The van der Waals surface area contributed by atoms with Gasteiger partial charge in [0.25, 0.3) is 11.8 Å². The van der Waals surface area contributed by atoms with Gasteiger partial charge in [-0.3, -0.25) is 20.4 Å². The normalized spacial score (nSPS) is 10.6. The summed E-state index contributed by atoms with van der Waals surface area (Å²) >= 11 is 0. The zero-order valence-electron chi connectivity index (χ0n) is 13.0. The van der Waals surface area contributed by atoms with Crippen molar-refractivity contribution in [2.24, 2.45) is 0 Å². The van der Waals surface area contributed by atoms with Gasteiger partial charge >= 0.3 is 5.63 Å². The average molecular weight is 326 g/mol. The first-order valence-corrected chi connectivity index (χ1v) is 7.16. The number of amides is 2. The predicted molar refractivity (Wildman–Crippen MR) is 85.6 cm³/mol. The molecule has 0 aliphatic carbocycles. The minimum Gasteiger partial charge on any atom is -0.466 e. The Balaban J connectivity index is 1.78. The van der Waals surface area contributed by atoms with Crippen LogP contribution in [-0.4, -0.2) is 11.8 Å². The van der Waals surface area contributed by atoms with Crippen molar-refractivity contribution in [1.29, 1.82) is 0 Å². The van der Waals surface area contributed by atoms with Gasteiger partial charge in [0.2, 0.25) is 0 Å². The number of carbonyl (C=O) groups is 2. The Hall–Kier alpha value is -3.35. The lowest BCUT2D eigenvalue weighted by Gasteiger charge is -2.06. The molecular formula is C17H14N2O5. The molecule has 0 bridgehead atoms. The number of benzene rings is 1. The molecule has 7 nitrogen and oxygen atoms in total. The summed E-state index contributed by atoms with van der Waals surface area (Å²) in [6.45, 7) is 3.35. The molecule has 3 rings (SSSR count). The molecule has 0 saturated carbocycles. The Kier molecular flexibility index (Phi) is 3.91. The molecule has 0 saturated heterocycles. The Bertz CT molecular complexity index is 1000. The lowest BCUT2D eigenvalue weighted by Crippen LogP contribution is -2.43. The summed E-state index contributed by atoms with van der Waals surface area (Å²) in [4.78, 5) is 36.0. The van der Waals surface area contributed by atoms with E-state index in [0.717, 1.165) is 0 Å². The van der Waals surface area contributed by atoms with E-state index in [1.54, 1.807) is 44.2 Å². The number of hydrogen-bond donors (Lipinski definition) is 2. The van der Waals surface area contributed by atoms with Crippen LogP contribution in [0.4, 0.5) is 0 Å². The second-order valence-electron chi connectivity index (χ2n) is 5.22. The molecule has 122 valence electrons. The minimum atomic E-state index is -0.782. The number of hydrogen-bond acceptors (Lipinski definition) is 5. The van der Waals surface area contributed by atoms with Crippen LogP contribution >= 0.6 is 0 Å². The maximum absolute atomic E-state index is 12.1. The summed E-state index contributed by atoms with van der Waals surface area (Å²) in [5.74, 6) is -0.285. The van der Waals surface area contributed by atoms with Gasteiger partial charge in [-0.25, -0.2) is 4.79 Å². The largest absolute Gasteiger partial charge is 0.466 e. The molecule has 0 fully saturated rings. The first-order valence-electron chi connectivity index (χ1n) is 7.16. The third-order valence-corrected chi connectivity index (χ3v) is 3.46. The highest BCUT2D eigenvalue weighted by Crippen LogP contribution is 2.14. The zero-order valence-corrected chi connectivity index (χ0v) is 13.0. The summed E-state index contributed by atoms with van der Waals surface area (Å²) in [6, 6.07) is 9.79. The van der Waals surface area contributed by atoms with Gasteiger partial charge in [-0.1, -0.05) is 18.2 Å². The number of nitrogens with one attached hydrogen (secondary N) is 2. The monoisotopic (exact) mass is 326 g/mol. The van der Waals surface area contributed by atoms with Crippen LogP contribution < -0.4 is 16.5 Å². The molecule has 2 aromatic heterocycles. The molecule has 0 radical (unpaired) electrons. The summed E-state index contributed by atoms with van der Waals surface area (Å²) in [7, 11) is 0. The van der Waals surface area contributed by atoms with E-state index in [4.69, 9.17) is 8.83 Å². The van der Waals surface area contributed by atoms with Crippen molar-refractivity contribution >= 4 is 22.8 Å². The quantitative estimate of drug-likeness (QED) is 0.554. The fourth-order valence-electron chi connectivity index (χ4n) is 2.32. The minimum absolute atomic E-state index is 0.200. The Morgan fingerprint density at radius 2 is 1.58 bits per heavy atom. The highest BCUT2D eigenvalue weighted by molar-refractivity contribution is 6.00. The van der Waals surface area contributed by atoms with Gasteiger partial charge in [-0.2, -0.15) is 0 Å². The average Bonchev–Trinajstić information content (AvgIpc) is 2.90. The summed E-state index contributed by atoms with van der Waals surface area (Å²) in [6.07, 6.45) is 0. The number of aryl methyl sites for hydroxylation is 2. The predicted octanol–water partition coefficient (Wildman–Crippen LogP) is 2.08. The first kappa shape index (κ1) is 15.5. The molecule has 0 spiro atoms. The number of carbonyl (C=O) groups excluding carboxylic acids is 2. The smallest absolute Gasteiger partial charge is 0.349 e. The van der Waals surface area contributed by atoms with Crippen LogP contribution in [-0.2, 0) is 0 Å². The van der Waals surface area contributed by atoms with Crippen molar-refractivity contribution in [3.05, 3.63) is 69.5 Å². The van der Waals surface area contributed by atoms with Gasteiger partial charge in [-0.15, -0.1) is 0 Å². The number of para-hydroxylation sites is 1. The van der Waals surface area contributed by atoms with Crippen molar-refractivity contribution in [2.45, 2.75) is 13.8 Å².